The Morgan fingerprint density at radius 3 is 1.49 bits per heavy atom. The molecule has 3 radical (unpaired) electrons. The summed E-state index contributed by atoms with van der Waals surface area (Å²) in [5.74, 6) is -1.08. The van der Waals surface area contributed by atoms with Crippen LogP contribution in [0.25, 0.3) is 10.8 Å². The van der Waals surface area contributed by atoms with Crippen LogP contribution < -0.4 is 26.0 Å². The van der Waals surface area contributed by atoms with E-state index in [4.69, 9.17) is 15.9 Å². The Morgan fingerprint density at radius 2 is 1.13 bits per heavy atom. The van der Waals surface area contributed by atoms with Crippen molar-refractivity contribution < 1.29 is 77.1 Å². The van der Waals surface area contributed by atoms with Gasteiger partial charge in [0, 0.05) is 57.0 Å². The summed E-state index contributed by atoms with van der Waals surface area (Å²) in [5, 5.41) is 68.0. The van der Waals surface area contributed by atoms with Crippen LogP contribution in [0.2, 0.25) is 0 Å². The fourth-order valence-electron chi connectivity index (χ4n) is 3.19. The van der Waals surface area contributed by atoms with E-state index >= 15 is 0 Å². The van der Waals surface area contributed by atoms with E-state index < -0.39 is 11.8 Å². The molecular formula is C28H35Cu3N9O5S2. The maximum atomic E-state index is 12.7. The molecule has 2 heterocycles. The van der Waals surface area contributed by atoms with Crippen molar-refractivity contribution >= 4 is 59.0 Å². The minimum atomic E-state index is -0.482. The van der Waals surface area contributed by atoms with Crippen molar-refractivity contribution in [2.24, 2.45) is 20.0 Å². The molecule has 267 valence electrons. The normalized spacial score (nSPS) is 12.9. The number of rotatable bonds is 0. The van der Waals surface area contributed by atoms with Crippen molar-refractivity contribution in [3.63, 3.8) is 0 Å². The molecule has 0 unspecified atom stereocenters. The number of nitrogens with one attached hydrogen (secondary N) is 2. The van der Waals surface area contributed by atoms with Crippen molar-refractivity contribution in [1.82, 2.24) is 15.6 Å². The quantitative estimate of drug-likeness (QED) is 0.175. The zero-order chi connectivity index (χ0) is 32.3. The molecule has 1 aliphatic heterocycles. The van der Waals surface area contributed by atoms with Gasteiger partial charge in [-0.1, -0.05) is 48.4 Å². The second kappa shape index (κ2) is 36.3. The number of pyridine rings is 1. The zero-order valence-electron chi connectivity index (χ0n) is 25.4. The first-order chi connectivity index (χ1) is 20.8. The number of hydrogen-bond acceptors (Lipinski definition) is 14. The molecule has 0 fully saturated rings. The number of isothiocyanates is 2. The molecular weight excluding hydrogens is 797 g/mol. The Hall–Kier alpha value is -2.55. The van der Waals surface area contributed by atoms with Crippen LogP contribution in [0.15, 0.2) is 50.3 Å². The average molecular weight is 832 g/mol. The number of aliphatic hydroxyl groups excluding tert-OH is 1. The summed E-state index contributed by atoms with van der Waals surface area (Å²) in [6.45, 7) is 7.47. The summed E-state index contributed by atoms with van der Waals surface area (Å²) in [6.07, 6.45) is 3.18. The van der Waals surface area contributed by atoms with Crippen molar-refractivity contribution in [2.45, 2.75) is 13.8 Å². The van der Waals surface area contributed by atoms with E-state index in [2.05, 4.69) is 60.0 Å². The Kier molecular flexibility index (Phi) is 41.6. The first-order valence-electron chi connectivity index (χ1n) is 13.1. The molecule has 0 saturated heterocycles. The molecule has 2 aromatic rings. The largest absolute Gasteiger partial charge is 2.00 e. The topological polar surface area (TPSA) is 250 Å². The fraction of sp³-hybridized carbons (Fsp3) is 0.393. The Labute approximate surface area is 317 Å². The second-order valence-electron chi connectivity index (χ2n) is 8.12. The van der Waals surface area contributed by atoms with E-state index in [9.17, 15) is 15.3 Å². The van der Waals surface area contributed by atoms with Gasteiger partial charge in [-0.2, -0.15) is 10.3 Å². The van der Waals surface area contributed by atoms with Gasteiger partial charge in [0.15, 0.2) is 0 Å². The number of aromatic nitrogens is 1. The van der Waals surface area contributed by atoms with Crippen molar-refractivity contribution in [1.29, 1.82) is 0 Å². The van der Waals surface area contributed by atoms with E-state index in [0.717, 1.165) is 5.56 Å². The van der Waals surface area contributed by atoms with Gasteiger partial charge in [-0.05, 0) is 42.7 Å². The van der Waals surface area contributed by atoms with Crippen molar-refractivity contribution in [3.05, 3.63) is 69.2 Å². The number of fused-ring (bicyclic) bond motifs is 4. The summed E-state index contributed by atoms with van der Waals surface area (Å²) in [7, 11) is 0. The summed E-state index contributed by atoms with van der Waals surface area (Å²) < 4.78 is 0. The smallest absolute Gasteiger partial charge is 0.872 e. The third kappa shape index (κ3) is 26.1. The van der Waals surface area contributed by atoms with Crippen LogP contribution in [0.1, 0.15) is 35.0 Å². The molecule has 4 N–H and O–H groups in total. The van der Waals surface area contributed by atoms with Crippen LogP contribution in [0.5, 0.6) is 5.75 Å². The predicted octanol–water partition coefficient (Wildman–Crippen LogP) is -0.460. The van der Waals surface area contributed by atoms with Crippen LogP contribution in [-0.2, 0) is 51.2 Å². The van der Waals surface area contributed by atoms with Gasteiger partial charge in [0.25, 0.3) is 0 Å². The molecule has 1 aromatic carbocycles. The number of aliphatic hydroxyl groups is 1. The van der Waals surface area contributed by atoms with Gasteiger partial charge < -0.3 is 47.4 Å². The van der Waals surface area contributed by atoms with Gasteiger partial charge in [0.1, 0.15) is 0 Å². The van der Waals surface area contributed by atoms with E-state index in [0.29, 0.717) is 50.4 Å². The maximum absolute atomic E-state index is 12.7. The predicted molar refractivity (Wildman–Crippen MR) is 175 cm³/mol. The number of aryl methyl sites for hydroxylation is 1. The molecule has 1 aliphatic rings. The number of thiocarbonyl (C=S) groups is 2. The molecule has 0 amide bonds. The summed E-state index contributed by atoms with van der Waals surface area (Å²) in [5.41, 5.74) is 2.23. The third-order valence-corrected chi connectivity index (χ3v) is 4.86. The van der Waals surface area contributed by atoms with Gasteiger partial charge in [-0.25, -0.2) is 4.98 Å². The molecule has 0 spiro atoms. The molecule has 4 bridgehead atoms. The second-order valence-corrected chi connectivity index (χ2v) is 8.49. The standard InChI is InChI=1S/C24H31N7O3.C2H6O.2CNS.3Cu.H2O/c1-17-13-18-15-27-7-5-25-9-11-29-23(33)20-3-2-4-21(31-20)24(34)30-12-10-26-6-8-28-16-19(14-17)22(18)32;1-2-3;2*2-1-3;;;;/h2-4,13-16,25-26,32H,5-12H2,1H3,(H,29,33)(H,30,34);3H,2H2,1H3;;;;;;1H2/q;;2*-1;3*+2;/p-4. The molecule has 0 saturated carbocycles. The first-order valence-corrected chi connectivity index (χ1v) is 13.9. The Bertz CT molecular complexity index is 1220. The van der Waals surface area contributed by atoms with Crippen LogP contribution >= 0.6 is 24.4 Å². The summed E-state index contributed by atoms with van der Waals surface area (Å²) in [4.78, 5) is 20.7. The summed E-state index contributed by atoms with van der Waals surface area (Å²) >= 11 is 7.40. The van der Waals surface area contributed by atoms with Crippen LogP contribution in [0.3, 0.4) is 0 Å². The molecule has 1 aromatic heterocycles. The Morgan fingerprint density at radius 1 is 0.787 bits per heavy atom. The zero-order valence-corrected chi connectivity index (χ0v) is 29.8. The van der Waals surface area contributed by atoms with E-state index in [-0.39, 0.29) is 93.5 Å². The van der Waals surface area contributed by atoms with Gasteiger partial charge in [-0.15, -0.1) is 0 Å². The maximum Gasteiger partial charge on any atom is 2.00 e. The van der Waals surface area contributed by atoms with Crippen molar-refractivity contribution in [2.75, 3.05) is 59.0 Å². The molecule has 3 rings (SSSR count). The molecule has 47 heavy (non-hydrogen) atoms. The van der Waals surface area contributed by atoms with Crippen LogP contribution in [0, 0.1) is 6.92 Å². The average Bonchev–Trinajstić information content (AvgIpc) is 2.98. The van der Waals surface area contributed by atoms with Gasteiger partial charge >= 0.3 is 51.2 Å². The van der Waals surface area contributed by atoms with Crippen LogP contribution in [0.4, 0.5) is 0 Å². The minimum Gasteiger partial charge on any atom is -0.872 e. The van der Waals surface area contributed by atoms with Gasteiger partial charge in [0.05, 0.1) is 37.6 Å². The minimum absolute atomic E-state index is 0. The molecule has 0 aliphatic carbocycles. The SMILES string of the molecule is CCO.Cc1cc2c([O-])c(c1)C=NCCNCCN=C([O-])c1cccc(n1)C([O-])=NCCNCCN=C2.[Cu+2].[Cu+2].[Cu+2].[N-]=C=S.[N-]=C=S.[OH-]. The number of aliphatic imine (C=N–C) groups is 4. The third-order valence-electron chi connectivity index (χ3n) is 4.86. The number of nitrogens with zero attached hydrogens (tertiary/aromatic N) is 7. The monoisotopic (exact) mass is 830 g/mol. The summed E-state index contributed by atoms with van der Waals surface area (Å²) in [6, 6.07) is 8.26. The van der Waals surface area contributed by atoms with E-state index in [1.807, 2.05) is 6.92 Å². The first kappa shape index (κ1) is 53.9. The molecule has 14 nitrogen and oxygen atoms in total. The number of hydrogen-bond donors (Lipinski definition) is 3. The fourth-order valence-corrected chi connectivity index (χ4v) is 3.19. The Balaban J connectivity index is -0.000000407. The number of benzene rings is 1. The molecule has 0 atom stereocenters. The van der Waals surface area contributed by atoms with Crippen LogP contribution in [-0.4, -0.2) is 109 Å². The van der Waals surface area contributed by atoms with Gasteiger partial charge in [-0.3, -0.25) is 20.0 Å². The van der Waals surface area contributed by atoms with Crippen molar-refractivity contribution in [3.8, 4) is 5.75 Å². The molecule has 19 heteroatoms. The van der Waals surface area contributed by atoms with E-state index in [1.54, 1.807) is 37.6 Å². The van der Waals surface area contributed by atoms with E-state index in [1.165, 1.54) is 22.5 Å². The van der Waals surface area contributed by atoms with Gasteiger partial charge in [0.2, 0.25) is 0 Å².